The lowest BCUT2D eigenvalue weighted by molar-refractivity contribution is -0.175. The number of hydrogen-bond acceptors (Lipinski definition) is 2. The van der Waals surface area contributed by atoms with Crippen molar-refractivity contribution in [2.24, 2.45) is 23.7 Å². The van der Waals surface area contributed by atoms with Crippen molar-refractivity contribution < 1.29 is 9.53 Å². The Hall–Kier alpha value is -0.530. The molecule has 0 radical (unpaired) electrons. The van der Waals surface area contributed by atoms with Crippen LogP contribution in [0.25, 0.3) is 0 Å². The molecule has 0 aromatic heterocycles. The van der Waals surface area contributed by atoms with Gasteiger partial charge in [0, 0.05) is 5.92 Å². The molecule has 0 aromatic rings. The highest BCUT2D eigenvalue weighted by molar-refractivity contribution is 5.72. The molecule has 0 spiro atoms. The fourth-order valence-corrected chi connectivity index (χ4v) is 4.35. The number of ether oxygens (including phenoxy) is 1. The Morgan fingerprint density at radius 2 is 1.89 bits per heavy atom. The van der Waals surface area contributed by atoms with E-state index in [1.54, 1.807) is 0 Å². The van der Waals surface area contributed by atoms with Crippen molar-refractivity contribution in [2.45, 2.75) is 78.2 Å². The van der Waals surface area contributed by atoms with E-state index in [0.29, 0.717) is 5.92 Å². The van der Waals surface area contributed by atoms with Crippen molar-refractivity contribution in [1.82, 2.24) is 0 Å². The maximum Gasteiger partial charge on any atom is 0.309 e. The van der Waals surface area contributed by atoms with Crippen molar-refractivity contribution in [3.63, 3.8) is 0 Å². The van der Waals surface area contributed by atoms with Gasteiger partial charge in [0.2, 0.25) is 0 Å². The van der Waals surface area contributed by atoms with Crippen LogP contribution in [0.1, 0.15) is 72.6 Å². The SMILES string of the molecule is CCC(C)C(=O)OC(CC)(CC)C1CC2CCC1C2. The van der Waals surface area contributed by atoms with Gasteiger partial charge in [-0.3, -0.25) is 4.79 Å². The van der Waals surface area contributed by atoms with Crippen molar-refractivity contribution >= 4 is 5.97 Å². The summed E-state index contributed by atoms with van der Waals surface area (Å²) in [4.78, 5) is 12.2. The van der Waals surface area contributed by atoms with Crippen LogP contribution in [0.15, 0.2) is 0 Å². The van der Waals surface area contributed by atoms with Gasteiger partial charge in [-0.05, 0) is 50.4 Å². The third-order valence-corrected chi connectivity index (χ3v) is 5.93. The second-order valence-electron chi connectivity index (χ2n) is 6.78. The van der Waals surface area contributed by atoms with Crippen LogP contribution in [0.2, 0.25) is 0 Å². The molecule has 2 rings (SSSR count). The average Bonchev–Trinajstić information content (AvgIpc) is 3.06. The van der Waals surface area contributed by atoms with Crippen LogP contribution in [0, 0.1) is 23.7 Å². The molecule has 4 unspecified atom stereocenters. The third kappa shape index (κ3) is 2.68. The molecule has 0 N–H and O–H groups in total. The predicted molar refractivity (Wildman–Crippen MR) is 77.8 cm³/mol. The molecule has 2 fully saturated rings. The molecule has 0 aromatic carbocycles. The summed E-state index contributed by atoms with van der Waals surface area (Å²) in [6.07, 6.45) is 8.26. The number of carbonyl (C=O) groups excluding carboxylic acids is 1. The van der Waals surface area contributed by atoms with Crippen LogP contribution in [0.3, 0.4) is 0 Å². The van der Waals surface area contributed by atoms with E-state index in [9.17, 15) is 4.79 Å². The van der Waals surface area contributed by atoms with Crippen LogP contribution in [-0.2, 0) is 9.53 Å². The average molecular weight is 266 g/mol. The Kier molecular flexibility index (Phi) is 4.58. The molecule has 0 amide bonds. The lowest BCUT2D eigenvalue weighted by Crippen LogP contribution is -2.45. The summed E-state index contributed by atoms with van der Waals surface area (Å²) < 4.78 is 6.09. The predicted octanol–water partition coefficient (Wildman–Crippen LogP) is 4.57. The van der Waals surface area contributed by atoms with Gasteiger partial charge in [0.15, 0.2) is 0 Å². The zero-order valence-electron chi connectivity index (χ0n) is 13.1. The summed E-state index contributed by atoms with van der Waals surface area (Å²) >= 11 is 0. The molecule has 2 aliphatic carbocycles. The molecule has 0 saturated heterocycles. The fourth-order valence-electron chi connectivity index (χ4n) is 4.35. The first-order valence-electron chi connectivity index (χ1n) is 8.29. The topological polar surface area (TPSA) is 26.3 Å². The second-order valence-corrected chi connectivity index (χ2v) is 6.78. The van der Waals surface area contributed by atoms with E-state index >= 15 is 0 Å². The molecule has 0 aliphatic heterocycles. The Bertz CT molecular complexity index is 319. The molecule has 0 heterocycles. The van der Waals surface area contributed by atoms with Crippen LogP contribution >= 0.6 is 0 Å². The zero-order valence-corrected chi connectivity index (χ0v) is 13.1. The number of rotatable bonds is 6. The normalized spacial score (nSPS) is 31.5. The van der Waals surface area contributed by atoms with E-state index < -0.39 is 0 Å². The molecule has 2 saturated carbocycles. The van der Waals surface area contributed by atoms with E-state index in [-0.39, 0.29) is 17.5 Å². The molecule has 19 heavy (non-hydrogen) atoms. The van der Waals surface area contributed by atoms with E-state index in [1.165, 1.54) is 25.7 Å². The van der Waals surface area contributed by atoms with Crippen molar-refractivity contribution in [1.29, 1.82) is 0 Å². The fraction of sp³-hybridized carbons (Fsp3) is 0.941. The largest absolute Gasteiger partial charge is 0.459 e. The number of esters is 1. The van der Waals surface area contributed by atoms with Gasteiger partial charge in [-0.15, -0.1) is 0 Å². The summed E-state index contributed by atoms with van der Waals surface area (Å²) in [6, 6.07) is 0. The summed E-state index contributed by atoms with van der Waals surface area (Å²) in [7, 11) is 0. The van der Waals surface area contributed by atoms with E-state index in [0.717, 1.165) is 31.1 Å². The Balaban J connectivity index is 2.11. The first-order chi connectivity index (χ1) is 9.06. The first kappa shape index (κ1) is 14.9. The first-order valence-corrected chi connectivity index (χ1v) is 8.29. The third-order valence-electron chi connectivity index (χ3n) is 5.93. The molecular formula is C17H30O2. The van der Waals surface area contributed by atoms with Crippen LogP contribution in [0.5, 0.6) is 0 Å². The van der Waals surface area contributed by atoms with Gasteiger partial charge in [0.1, 0.15) is 5.60 Å². The number of fused-ring (bicyclic) bond motifs is 2. The lowest BCUT2D eigenvalue weighted by atomic mass is 9.73. The molecule has 110 valence electrons. The van der Waals surface area contributed by atoms with Gasteiger partial charge in [0.25, 0.3) is 0 Å². The molecule has 4 atom stereocenters. The number of carbonyl (C=O) groups is 1. The van der Waals surface area contributed by atoms with E-state index in [1.807, 2.05) is 6.92 Å². The smallest absolute Gasteiger partial charge is 0.309 e. The van der Waals surface area contributed by atoms with Crippen LogP contribution < -0.4 is 0 Å². The van der Waals surface area contributed by atoms with Crippen molar-refractivity contribution in [2.75, 3.05) is 0 Å². The van der Waals surface area contributed by atoms with Gasteiger partial charge >= 0.3 is 5.97 Å². The standard InChI is InChI=1S/C17H30O2/c1-5-12(4)16(18)19-17(6-2,7-3)15-11-13-8-9-14(15)10-13/h12-15H,5-11H2,1-4H3. The Morgan fingerprint density at radius 3 is 2.32 bits per heavy atom. The highest BCUT2D eigenvalue weighted by Crippen LogP contribution is 2.54. The van der Waals surface area contributed by atoms with Gasteiger partial charge in [-0.1, -0.05) is 34.1 Å². The van der Waals surface area contributed by atoms with Gasteiger partial charge in [-0.25, -0.2) is 0 Å². The lowest BCUT2D eigenvalue weighted by Gasteiger charge is -2.42. The maximum atomic E-state index is 12.2. The summed E-state index contributed by atoms with van der Waals surface area (Å²) in [6.45, 7) is 8.43. The second kappa shape index (κ2) is 5.85. The monoisotopic (exact) mass is 266 g/mol. The molecular weight excluding hydrogens is 236 g/mol. The summed E-state index contributed by atoms with van der Waals surface area (Å²) in [5.41, 5.74) is -0.180. The molecule has 2 bridgehead atoms. The van der Waals surface area contributed by atoms with Crippen LogP contribution in [-0.4, -0.2) is 11.6 Å². The highest BCUT2D eigenvalue weighted by atomic mass is 16.6. The Morgan fingerprint density at radius 1 is 1.21 bits per heavy atom. The van der Waals surface area contributed by atoms with Crippen molar-refractivity contribution in [3.05, 3.63) is 0 Å². The maximum absolute atomic E-state index is 12.2. The number of hydrogen-bond donors (Lipinski definition) is 0. The van der Waals surface area contributed by atoms with Crippen LogP contribution in [0.4, 0.5) is 0 Å². The summed E-state index contributed by atoms with van der Waals surface area (Å²) in [5, 5.41) is 0. The van der Waals surface area contributed by atoms with E-state index in [4.69, 9.17) is 4.74 Å². The highest BCUT2D eigenvalue weighted by Gasteiger charge is 2.51. The zero-order chi connectivity index (χ0) is 14.0. The van der Waals surface area contributed by atoms with Crippen molar-refractivity contribution in [3.8, 4) is 0 Å². The minimum Gasteiger partial charge on any atom is -0.459 e. The molecule has 2 heteroatoms. The molecule has 2 aliphatic rings. The Labute approximate surface area is 118 Å². The minimum absolute atomic E-state index is 0.0222. The van der Waals surface area contributed by atoms with Gasteiger partial charge < -0.3 is 4.74 Å². The quantitative estimate of drug-likeness (QED) is 0.658. The molecule has 2 nitrogen and oxygen atoms in total. The van der Waals surface area contributed by atoms with E-state index in [2.05, 4.69) is 20.8 Å². The van der Waals surface area contributed by atoms with Gasteiger partial charge in [-0.2, -0.15) is 0 Å². The van der Waals surface area contributed by atoms with Gasteiger partial charge in [0.05, 0.1) is 5.92 Å². The minimum atomic E-state index is -0.180. The summed E-state index contributed by atoms with van der Waals surface area (Å²) in [5.74, 6) is 2.41.